The second-order valence-corrected chi connectivity index (χ2v) is 7.83. The molecule has 168 valence electrons. The van der Waals surface area contributed by atoms with Gasteiger partial charge in [-0.05, 0) is 62.3 Å². The molecule has 1 amide bonds. The number of aromatic nitrogens is 2. The van der Waals surface area contributed by atoms with Crippen molar-refractivity contribution in [1.29, 1.82) is 0 Å². The summed E-state index contributed by atoms with van der Waals surface area (Å²) in [6.07, 6.45) is 2.12. The molecule has 1 saturated heterocycles. The van der Waals surface area contributed by atoms with Crippen molar-refractivity contribution in [2.75, 3.05) is 36.4 Å². The summed E-state index contributed by atoms with van der Waals surface area (Å²) in [5, 5.41) is 11.6. The van der Waals surface area contributed by atoms with Crippen molar-refractivity contribution in [1.82, 2.24) is 15.1 Å². The van der Waals surface area contributed by atoms with E-state index in [-0.39, 0.29) is 12.4 Å². The van der Waals surface area contributed by atoms with Gasteiger partial charge in [0.2, 0.25) is 0 Å². The number of hydrogen-bond donors (Lipinski definition) is 3. The van der Waals surface area contributed by atoms with Gasteiger partial charge in [0.05, 0.1) is 5.69 Å². The molecule has 9 heteroatoms. The van der Waals surface area contributed by atoms with Gasteiger partial charge in [-0.25, -0.2) is 4.68 Å². The molecule has 0 unspecified atom stereocenters. The number of primary amides is 1. The third-order valence-electron chi connectivity index (χ3n) is 5.84. The molecule has 2 aliphatic rings. The second kappa shape index (κ2) is 9.50. The summed E-state index contributed by atoms with van der Waals surface area (Å²) >= 11 is 0. The van der Waals surface area contributed by atoms with Gasteiger partial charge in [-0.1, -0.05) is 18.2 Å². The Morgan fingerprint density at radius 2 is 1.69 bits per heavy atom. The van der Waals surface area contributed by atoms with Crippen LogP contribution in [0.25, 0.3) is 5.69 Å². The van der Waals surface area contributed by atoms with Gasteiger partial charge in [0.1, 0.15) is 17.2 Å². The van der Waals surface area contributed by atoms with Crippen molar-refractivity contribution in [2.24, 2.45) is 5.73 Å². The molecule has 1 fully saturated rings. The molecule has 2 aromatic carbocycles. The minimum atomic E-state index is -0.502. The Bertz CT molecular complexity index is 1060. The number of carbonyl (C=O) groups excluding carboxylic acids is 1. The number of para-hydroxylation sites is 1. The van der Waals surface area contributed by atoms with E-state index in [2.05, 4.69) is 15.5 Å². The standard InChI is InChI=1S/C23H26N6O2.ClH/c24-22(30)21-20-23(28(15-14-26-20)16-10-12-25-13-11-16)27-29(21)17-6-8-19(9-7-17)31-18-4-2-1-3-5-18;/h1-9,16,25-26H,10-15H2,(H2,24,30);1H. The van der Waals surface area contributed by atoms with Crippen LogP contribution < -0.4 is 26.0 Å². The molecule has 0 saturated carbocycles. The monoisotopic (exact) mass is 454 g/mol. The number of anilines is 2. The number of nitrogens with two attached hydrogens (primary N) is 1. The summed E-state index contributed by atoms with van der Waals surface area (Å²) in [4.78, 5) is 14.7. The second-order valence-electron chi connectivity index (χ2n) is 7.83. The number of hydrogen-bond acceptors (Lipinski definition) is 6. The van der Waals surface area contributed by atoms with E-state index in [0.717, 1.165) is 62.0 Å². The van der Waals surface area contributed by atoms with Gasteiger partial charge in [-0.2, -0.15) is 0 Å². The van der Waals surface area contributed by atoms with Gasteiger partial charge < -0.3 is 26.0 Å². The minimum absolute atomic E-state index is 0. The largest absolute Gasteiger partial charge is 0.457 e. The van der Waals surface area contributed by atoms with Crippen molar-refractivity contribution in [3.8, 4) is 17.2 Å². The lowest BCUT2D eigenvalue weighted by atomic mass is 10.0. The number of benzene rings is 2. The van der Waals surface area contributed by atoms with E-state index in [0.29, 0.717) is 17.5 Å². The average Bonchev–Trinajstić information content (AvgIpc) is 3.21. The highest BCUT2D eigenvalue weighted by atomic mass is 35.5. The van der Waals surface area contributed by atoms with Crippen LogP contribution in [0.1, 0.15) is 23.3 Å². The van der Waals surface area contributed by atoms with Crippen molar-refractivity contribution in [3.63, 3.8) is 0 Å². The predicted molar refractivity (Wildman–Crippen MR) is 128 cm³/mol. The van der Waals surface area contributed by atoms with Gasteiger partial charge >= 0.3 is 0 Å². The fraction of sp³-hybridized carbons (Fsp3) is 0.304. The van der Waals surface area contributed by atoms with E-state index in [1.54, 1.807) is 4.68 Å². The van der Waals surface area contributed by atoms with Crippen LogP contribution in [0.4, 0.5) is 11.5 Å². The van der Waals surface area contributed by atoms with Crippen LogP contribution in [0.15, 0.2) is 54.6 Å². The number of ether oxygens (including phenoxy) is 1. The van der Waals surface area contributed by atoms with Crippen molar-refractivity contribution < 1.29 is 9.53 Å². The van der Waals surface area contributed by atoms with Crippen LogP contribution in [0, 0.1) is 0 Å². The molecule has 0 aliphatic carbocycles. The van der Waals surface area contributed by atoms with E-state index in [1.165, 1.54) is 0 Å². The summed E-state index contributed by atoms with van der Waals surface area (Å²) in [6, 6.07) is 17.5. The van der Waals surface area contributed by atoms with E-state index in [1.807, 2.05) is 54.6 Å². The first kappa shape index (κ1) is 22.0. The molecule has 32 heavy (non-hydrogen) atoms. The van der Waals surface area contributed by atoms with E-state index in [4.69, 9.17) is 15.6 Å². The Morgan fingerprint density at radius 1 is 1.00 bits per heavy atom. The molecular weight excluding hydrogens is 428 g/mol. The van der Waals surface area contributed by atoms with Gasteiger partial charge in [-0.3, -0.25) is 4.79 Å². The normalized spacial score (nSPS) is 15.9. The zero-order chi connectivity index (χ0) is 21.2. The molecule has 3 heterocycles. The molecule has 0 radical (unpaired) electrons. The maximum absolute atomic E-state index is 12.4. The fourth-order valence-electron chi connectivity index (χ4n) is 4.35. The summed E-state index contributed by atoms with van der Waals surface area (Å²) in [7, 11) is 0. The van der Waals surface area contributed by atoms with Crippen molar-refractivity contribution >= 4 is 29.8 Å². The molecule has 0 bridgehead atoms. The topological polar surface area (TPSA) is 97.4 Å². The van der Waals surface area contributed by atoms with E-state index in [9.17, 15) is 4.79 Å². The number of nitrogens with zero attached hydrogens (tertiary/aromatic N) is 3. The molecule has 3 aromatic rings. The van der Waals surface area contributed by atoms with Crippen LogP contribution in [0.2, 0.25) is 0 Å². The quantitative estimate of drug-likeness (QED) is 0.548. The van der Waals surface area contributed by atoms with Crippen molar-refractivity contribution in [2.45, 2.75) is 18.9 Å². The van der Waals surface area contributed by atoms with E-state index >= 15 is 0 Å². The summed E-state index contributed by atoms with van der Waals surface area (Å²) in [5.74, 6) is 1.78. The van der Waals surface area contributed by atoms with Crippen LogP contribution in [-0.2, 0) is 0 Å². The zero-order valence-electron chi connectivity index (χ0n) is 17.7. The third kappa shape index (κ3) is 4.24. The molecule has 2 aliphatic heterocycles. The smallest absolute Gasteiger partial charge is 0.269 e. The maximum atomic E-state index is 12.4. The number of amides is 1. The Balaban J connectivity index is 0.00000245. The summed E-state index contributed by atoms with van der Waals surface area (Å²) in [6.45, 7) is 3.61. The number of carbonyl (C=O) groups is 1. The number of halogens is 1. The van der Waals surface area contributed by atoms with Gasteiger partial charge in [0.25, 0.3) is 5.91 Å². The Morgan fingerprint density at radius 3 is 2.38 bits per heavy atom. The Kier molecular flexibility index (Phi) is 6.53. The average molecular weight is 455 g/mol. The van der Waals surface area contributed by atoms with Crippen LogP contribution in [0.5, 0.6) is 11.5 Å². The van der Waals surface area contributed by atoms with Crippen molar-refractivity contribution in [3.05, 3.63) is 60.3 Å². The molecule has 1 aromatic heterocycles. The molecule has 0 atom stereocenters. The highest BCUT2D eigenvalue weighted by Gasteiger charge is 2.32. The van der Waals surface area contributed by atoms with Gasteiger partial charge in [-0.15, -0.1) is 17.5 Å². The Labute approximate surface area is 193 Å². The van der Waals surface area contributed by atoms with E-state index < -0.39 is 5.91 Å². The summed E-state index contributed by atoms with van der Waals surface area (Å²) < 4.78 is 7.52. The zero-order valence-corrected chi connectivity index (χ0v) is 18.5. The number of piperidine rings is 1. The number of fused-ring (bicyclic) bond motifs is 1. The molecule has 5 rings (SSSR count). The Hall–Kier alpha value is -3.23. The highest BCUT2D eigenvalue weighted by Crippen LogP contribution is 2.36. The first-order chi connectivity index (χ1) is 15.2. The van der Waals surface area contributed by atoms with Crippen LogP contribution in [-0.4, -0.2) is 47.9 Å². The molecular formula is C23H27ClN6O2. The van der Waals surface area contributed by atoms with Crippen LogP contribution >= 0.6 is 12.4 Å². The molecule has 4 N–H and O–H groups in total. The fourth-order valence-corrected chi connectivity index (χ4v) is 4.35. The molecule has 0 spiro atoms. The lowest BCUT2D eigenvalue weighted by Crippen LogP contribution is -2.47. The first-order valence-corrected chi connectivity index (χ1v) is 10.7. The van der Waals surface area contributed by atoms with Gasteiger partial charge in [0, 0.05) is 19.1 Å². The molecule has 8 nitrogen and oxygen atoms in total. The number of rotatable bonds is 5. The lowest BCUT2D eigenvalue weighted by molar-refractivity contribution is 0.0993. The van der Waals surface area contributed by atoms with Crippen LogP contribution in [0.3, 0.4) is 0 Å². The minimum Gasteiger partial charge on any atom is -0.457 e. The highest BCUT2D eigenvalue weighted by molar-refractivity contribution is 6.00. The first-order valence-electron chi connectivity index (χ1n) is 10.7. The lowest BCUT2D eigenvalue weighted by Gasteiger charge is -2.37. The predicted octanol–water partition coefficient (Wildman–Crippen LogP) is 3.17. The number of nitrogens with one attached hydrogen (secondary N) is 2. The van der Waals surface area contributed by atoms with Gasteiger partial charge in [0.15, 0.2) is 11.5 Å². The SMILES string of the molecule is Cl.NC(=O)c1c2c(nn1-c1ccc(Oc3ccccc3)cc1)N(C1CCNCC1)CCN2. The summed E-state index contributed by atoms with van der Waals surface area (Å²) in [5.41, 5.74) is 7.65. The maximum Gasteiger partial charge on any atom is 0.269 e. The third-order valence-corrected chi connectivity index (χ3v) is 5.84.